The second-order valence-electron chi connectivity index (χ2n) is 4.64. The third-order valence-electron chi connectivity index (χ3n) is 3.11. The van der Waals surface area contributed by atoms with E-state index in [4.69, 9.17) is 0 Å². The van der Waals surface area contributed by atoms with E-state index >= 15 is 0 Å². The molecule has 17 heavy (non-hydrogen) atoms. The second-order valence-corrected chi connectivity index (χ2v) is 4.64. The third kappa shape index (κ3) is 3.28. The summed E-state index contributed by atoms with van der Waals surface area (Å²) in [4.78, 5) is 13.9. The lowest BCUT2D eigenvalue weighted by molar-refractivity contribution is -0.117. The number of likely N-dealkylation sites (N-methyl/N-ethyl adjacent to an activating group) is 1. The molecule has 1 fully saturated rings. The van der Waals surface area contributed by atoms with Gasteiger partial charge in [0, 0.05) is 24.8 Å². The molecule has 4 nitrogen and oxygen atoms in total. The largest absolute Gasteiger partial charge is 0.325 e. The molecule has 92 valence electrons. The number of benzene rings is 1. The highest BCUT2D eigenvalue weighted by molar-refractivity contribution is 5.92. The van der Waals surface area contributed by atoms with Crippen molar-refractivity contribution in [2.24, 2.45) is 0 Å². The zero-order chi connectivity index (χ0) is 12.3. The Balaban J connectivity index is 1.82. The van der Waals surface area contributed by atoms with Crippen molar-refractivity contribution < 1.29 is 4.79 Å². The van der Waals surface area contributed by atoms with Crippen molar-refractivity contribution in [3.8, 4) is 0 Å². The lowest BCUT2D eigenvalue weighted by Gasteiger charge is -2.35. The Morgan fingerprint density at radius 3 is 2.59 bits per heavy atom. The molecule has 1 saturated heterocycles. The summed E-state index contributed by atoms with van der Waals surface area (Å²) < 4.78 is 0. The van der Waals surface area contributed by atoms with Crippen LogP contribution in [0.5, 0.6) is 0 Å². The molecule has 1 aliphatic rings. The highest BCUT2D eigenvalue weighted by Gasteiger charge is 2.22. The van der Waals surface area contributed by atoms with E-state index in [0.29, 0.717) is 12.6 Å². The summed E-state index contributed by atoms with van der Waals surface area (Å²) in [5.41, 5.74) is 2.06. The first-order chi connectivity index (χ1) is 8.15. The van der Waals surface area contributed by atoms with Crippen LogP contribution in [0.3, 0.4) is 0 Å². The number of carbonyl (C=O) groups is 1. The Hall–Kier alpha value is -1.39. The van der Waals surface area contributed by atoms with Gasteiger partial charge < -0.3 is 10.6 Å². The van der Waals surface area contributed by atoms with Crippen molar-refractivity contribution in [3.05, 3.63) is 29.8 Å². The molecular formula is C13H19N3O. The number of anilines is 1. The summed E-state index contributed by atoms with van der Waals surface area (Å²) in [6.45, 7) is 4.44. The topological polar surface area (TPSA) is 44.4 Å². The van der Waals surface area contributed by atoms with Gasteiger partial charge in [-0.2, -0.15) is 0 Å². The van der Waals surface area contributed by atoms with E-state index in [-0.39, 0.29) is 5.91 Å². The molecule has 0 aliphatic carbocycles. The van der Waals surface area contributed by atoms with Gasteiger partial charge in [0.2, 0.25) is 5.91 Å². The lowest BCUT2D eigenvalue weighted by Crippen LogP contribution is -2.57. The van der Waals surface area contributed by atoms with Crippen LogP contribution in [0.15, 0.2) is 24.3 Å². The summed E-state index contributed by atoms with van der Waals surface area (Å²) in [5.74, 6) is 0.0447. The monoisotopic (exact) mass is 233 g/mol. The Kier molecular flexibility index (Phi) is 3.76. The molecule has 4 heteroatoms. The van der Waals surface area contributed by atoms with E-state index in [1.54, 1.807) is 0 Å². The predicted molar refractivity (Wildman–Crippen MR) is 69.1 cm³/mol. The first kappa shape index (κ1) is 12.1. The number of amides is 1. The van der Waals surface area contributed by atoms with Gasteiger partial charge in [-0.15, -0.1) is 0 Å². The number of aryl methyl sites for hydroxylation is 1. The SMILES string of the molecule is Cc1ccc(NC(=O)CN(C)C2CNC2)cc1. The standard InChI is InChI=1S/C13H19N3O/c1-10-3-5-11(6-4-10)15-13(17)9-16(2)12-7-14-8-12/h3-6,12,14H,7-9H2,1-2H3,(H,15,17). The zero-order valence-electron chi connectivity index (χ0n) is 10.4. The van der Waals surface area contributed by atoms with Gasteiger partial charge in [0.15, 0.2) is 0 Å². The van der Waals surface area contributed by atoms with Gasteiger partial charge in [0.25, 0.3) is 0 Å². The van der Waals surface area contributed by atoms with Gasteiger partial charge in [-0.3, -0.25) is 9.69 Å². The predicted octanol–water partition coefficient (Wildman–Crippen LogP) is 0.837. The lowest BCUT2D eigenvalue weighted by atomic mass is 10.1. The molecule has 1 aromatic carbocycles. The van der Waals surface area contributed by atoms with E-state index in [1.165, 1.54) is 5.56 Å². The smallest absolute Gasteiger partial charge is 0.238 e. The summed E-state index contributed by atoms with van der Waals surface area (Å²) in [6.07, 6.45) is 0. The summed E-state index contributed by atoms with van der Waals surface area (Å²) in [6, 6.07) is 8.35. The number of hydrogen-bond acceptors (Lipinski definition) is 3. The number of hydrogen-bond donors (Lipinski definition) is 2. The first-order valence-corrected chi connectivity index (χ1v) is 5.92. The van der Waals surface area contributed by atoms with Crippen LogP contribution < -0.4 is 10.6 Å². The Morgan fingerprint density at radius 1 is 1.41 bits per heavy atom. The van der Waals surface area contributed by atoms with Gasteiger partial charge >= 0.3 is 0 Å². The molecule has 0 spiro atoms. The molecule has 0 unspecified atom stereocenters. The highest BCUT2D eigenvalue weighted by Crippen LogP contribution is 2.09. The molecule has 1 aliphatic heterocycles. The molecule has 0 bridgehead atoms. The highest BCUT2D eigenvalue weighted by atomic mass is 16.2. The number of nitrogens with zero attached hydrogens (tertiary/aromatic N) is 1. The van der Waals surface area contributed by atoms with E-state index in [1.807, 2.05) is 38.2 Å². The Bertz CT molecular complexity index is 384. The fraction of sp³-hybridized carbons (Fsp3) is 0.462. The first-order valence-electron chi connectivity index (χ1n) is 5.92. The van der Waals surface area contributed by atoms with Crippen LogP contribution >= 0.6 is 0 Å². The minimum absolute atomic E-state index is 0.0447. The summed E-state index contributed by atoms with van der Waals surface area (Å²) in [7, 11) is 1.99. The molecule has 0 radical (unpaired) electrons. The quantitative estimate of drug-likeness (QED) is 0.810. The van der Waals surface area contributed by atoms with E-state index in [2.05, 4.69) is 15.5 Å². The van der Waals surface area contributed by atoms with Crippen LogP contribution in [0.1, 0.15) is 5.56 Å². The van der Waals surface area contributed by atoms with Gasteiger partial charge in [-0.05, 0) is 26.1 Å². The average molecular weight is 233 g/mol. The molecule has 1 heterocycles. The van der Waals surface area contributed by atoms with Crippen molar-refractivity contribution in [1.82, 2.24) is 10.2 Å². The molecule has 0 aromatic heterocycles. The summed E-state index contributed by atoms with van der Waals surface area (Å²) in [5, 5.41) is 6.10. The van der Waals surface area contributed by atoms with Crippen LogP contribution in [-0.2, 0) is 4.79 Å². The van der Waals surface area contributed by atoms with E-state index in [9.17, 15) is 4.79 Å². The normalized spacial score (nSPS) is 15.7. The van der Waals surface area contributed by atoms with Crippen LogP contribution in [-0.4, -0.2) is 43.5 Å². The van der Waals surface area contributed by atoms with Crippen LogP contribution in [0.25, 0.3) is 0 Å². The number of carbonyl (C=O) groups excluding carboxylic acids is 1. The van der Waals surface area contributed by atoms with Crippen molar-refractivity contribution in [1.29, 1.82) is 0 Å². The van der Waals surface area contributed by atoms with Crippen molar-refractivity contribution in [2.75, 3.05) is 32.0 Å². The van der Waals surface area contributed by atoms with Crippen molar-refractivity contribution >= 4 is 11.6 Å². The Morgan fingerprint density at radius 2 is 2.06 bits per heavy atom. The molecule has 1 aromatic rings. The minimum atomic E-state index is 0.0447. The summed E-state index contributed by atoms with van der Waals surface area (Å²) >= 11 is 0. The molecular weight excluding hydrogens is 214 g/mol. The molecule has 2 rings (SSSR count). The maximum absolute atomic E-state index is 11.8. The van der Waals surface area contributed by atoms with E-state index in [0.717, 1.165) is 18.8 Å². The molecule has 0 atom stereocenters. The fourth-order valence-corrected chi connectivity index (χ4v) is 1.78. The Labute approximate surface area is 102 Å². The van der Waals surface area contributed by atoms with Crippen LogP contribution in [0, 0.1) is 6.92 Å². The van der Waals surface area contributed by atoms with Gasteiger partial charge in [0.05, 0.1) is 6.54 Å². The van der Waals surface area contributed by atoms with E-state index < -0.39 is 0 Å². The third-order valence-corrected chi connectivity index (χ3v) is 3.11. The van der Waals surface area contributed by atoms with Gasteiger partial charge in [-0.25, -0.2) is 0 Å². The molecule has 1 amide bonds. The minimum Gasteiger partial charge on any atom is -0.325 e. The van der Waals surface area contributed by atoms with Gasteiger partial charge in [0.1, 0.15) is 0 Å². The maximum Gasteiger partial charge on any atom is 0.238 e. The average Bonchev–Trinajstić information content (AvgIpc) is 2.18. The van der Waals surface area contributed by atoms with Gasteiger partial charge in [-0.1, -0.05) is 17.7 Å². The molecule has 0 saturated carbocycles. The van der Waals surface area contributed by atoms with Crippen molar-refractivity contribution in [3.63, 3.8) is 0 Å². The maximum atomic E-state index is 11.8. The van der Waals surface area contributed by atoms with Crippen LogP contribution in [0.2, 0.25) is 0 Å². The molecule has 2 N–H and O–H groups in total. The van der Waals surface area contributed by atoms with Crippen LogP contribution in [0.4, 0.5) is 5.69 Å². The second kappa shape index (κ2) is 5.29. The number of rotatable bonds is 4. The van der Waals surface area contributed by atoms with Crippen molar-refractivity contribution in [2.45, 2.75) is 13.0 Å². The number of nitrogens with one attached hydrogen (secondary N) is 2. The zero-order valence-corrected chi connectivity index (χ0v) is 10.4. The fourth-order valence-electron chi connectivity index (χ4n) is 1.78.